The first-order valence-electron chi connectivity index (χ1n) is 11.4. The number of hydrogen-bond acceptors (Lipinski definition) is 6. The van der Waals surface area contributed by atoms with Crippen LogP contribution in [-0.2, 0) is 11.3 Å². The van der Waals surface area contributed by atoms with Crippen LogP contribution in [0.15, 0.2) is 42.6 Å². The van der Waals surface area contributed by atoms with Gasteiger partial charge in [0.25, 0.3) is 5.91 Å². The number of pyridine rings is 2. The maximum atomic E-state index is 14.4. The molecule has 0 bridgehead atoms. The van der Waals surface area contributed by atoms with Gasteiger partial charge in [-0.25, -0.2) is 18.7 Å². The largest absolute Gasteiger partial charge is 0.375 e. The molecule has 1 amide bonds. The third-order valence-electron chi connectivity index (χ3n) is 6.97. The third kappa shape index (κ3) is 3.56. The van der Waals surface area contributed by atoms with Crippen molar-refractivity contribution in [3.63, 3.8) is 0 Å². The Kier molecular flexibility index (Phi) is 4.95. The molecule has 6 rings (SSSR count). The van der Waals surface area contributed by atoms with Crippen LogP contribution in [0.3, 0.4) is 0 Å². The number of piperidine rings is 1. The number of aromatic nitrogens is 2. The van der Waals surface area contributed by atoms with Crippen LogP contribution in [0.2, 0.25) is 0 Å². The fourth-order valence-corrected chi connectivity index (χ4v) is 4.94. The van der Waals surface area contributed by atoms with Crippen LogP contribution in [0.4, 0.5) is 26.0 Å². The maximum absolute atomic E-state index is 14.4. The van der Waals surface area contributed by atoms with E-state index in [0.717, 1.165) is 44.6 Å². The zero-order valence-corrected chi connectivity index (χ0v) is 18.4. The van der Waals surface area contributed by atoms with E-state index in [1.807, 2.05) is 12.1 Å². The lowest BCUT2D eigenvalue weighted by Gasteiger charge is -2.48. The van der Waals surface area contributed by atoms with Crippen molar-refractivity contribution < 1.29 is 18.3 Å². The van der Waals surface area contributed by atoms with Crippen molar-refractivity contribution in [1.29, 1.82) is 0 Å². The summed E-state index contributed by atoms with van der Waals surface area (Å²) in [5.74, 6) is -1.20. The predicted octanol–water partition coefficient (Wildman–Crippen LogP) is 4.17. The van der Waals surface area contributed by atoms with Gasteiger partial charge in [0.05, 0.1) is 58.8 Å². The molecule has 7 nitrogen and oxygen atoms in total. The van der Waals surface area contributed by atoms with Gasteiger partial charge in [-0.3, -0.25) is 4.79 Å². The first-order valence-corrected chi connectivity index (χ1v) is 11.4. The van der Waals surface area contributed by atoms with E-state index in [1.54, 1.807) is 6.20 Å². The summed E-state index contributed by atoms with van der Waals surface area (Å²) < 4.78 is 34.6. The number of carbonyl (C=O) groups is 1. The molecule has 0 aliphatic carbocycles. The van der Waals surface area contributed by atoms with Crippen molar-refractivity contribution >= 4 is 23.1 Å². The number of benzene rings is 1. The molecule has 5 heterocycles. The van der Waals surface area contributed by atoms with E-state index >= 15 is 0 Å². The lowest BCUT2D eigenvalue weighted by Crippen LogP contribution is -2.52. The minimum Gasteiger partial charge on any atom is -0.375 e. The van der Waals surface area contributed by atoms with Crippen LogP contribution in [0.1, 0.15) is 35.3 Å². The summed E-state index contributed by atoms with van der Waals surface area (Å²) in [5, 5.41) is 5.87. The number of ether oxygens (including phenoxy) is 1. The molecule has 1 aromatic carbocycles. The molecule has 2 fully saturated rings. The lowest BCUT2D eigenvalue weighted by atomic mass is 9.84. The number of fused-ring (bicyclic) bond motifs is 1. The highest BCUT2D eigenvalue weighted by molar-refractivity contribution is 6.04. The summed E-state index contributed by atoms with van der Waals surface area (Å²) in [4.78, 5) is 23.6. The van der Waals surface area contributed by atoms with Gasteiger partial charge in [0.1, 0.15) is 17.5 Å². The summed E-state index contributed by atoms with van der Waals surface area (Å²) in [7, 11) is 0. The second-order valence-electron chi connectivity index (χ2n) is 8.95. The molecular formula is C25H23F2N5O2. The van der Waals surface area contributed by atoms with Crippen LogP contribution in [0, 0.1) is 11.6 Å². The van der Waals surface area contributed by atoms with E-state index in [-0.39, 0.29) is 29.3 Å². The lowest BCUT2D eigenvalue weighted by molar-refractivity contribution is -0.158. The Morgan fingerprint density at radius 2 is 1.82 bits per heavy atom. The van der Waals surface area contributed by atoms with Crippen molar-refractivity contribution in [2.24, 2.45) is 0 Å². The summed E-state index contributed by atoms with van der Waals surface area (Å²) in [6, 6.07) is 8.98. The van der Waals surface area contributed by atoms with Crippen LogP contribution < -0.4 is 15.5 Å². The molecule has 3 aliphatic heterocycles. The van der Waals surface area contributed by atoms with Crippen molar-refractivity contribution in [2.75, 3.05) is 29.9 Å². The smallest absolute Gasteiger partial charge is 0.255 e. The van der Waals surface area contributed by atoms with Crippen molar-refractivity contribution in [3.8, 4) is 11.3 Å². The first kappa shape index (κ1) is 21.0. The van der Waals surface area contributed by atoms with Crippen LogP contribution >= 0.6 is 0 Å². The van der Waals surface area contributed by atoms with E-state index in [0.29, 0.717) is 22.8 Å². The Morgan fingerprint density at radius 3 is 2.47 bits per heavy atom. The van der Waals surface area contributed by atoms with Gasteiger partial charge in [-0.2, -0.15) is 0 Å². The van der Waals surface area contributed by atoms with E-state index in [1.165, 1.54) is 24.3 Å². The molecule has 34 heavy (non-hydrogen) atoms. The van der Waals surface area contributed by atoms with Crippen molar-refractivity contribution in [2.45, 2.75) is 31.4 Å². The Morgan fingerprint density at radius 1 is 1.06 bits per heavy atom. The summed E-state index contributed by atoms with van der Waals surface area (Å²) in [5.41, 5.74) is 2.19. The van der Waals surface area contributed by atoms with E-state index in [4.69, 9.17) is 4.74 Å². The Hall–Kier alpha value is -3.59. The molecule has 3 aromatic rings. The summed E-state index contributed by atoms with van der Waals surface area (Å²) in [6.07, 6.45) is 4.97. The molecule has 2 N–H and O–H groups in total. The highest BCUT2D eigenvalue weighted by Crippen LogP contribution is 2.38. The van der Waals surface area contributed by atoms with Crippen LogP contribution in [0.5, 0.6) is 0 Å². The molecule has 174 valence electrons. The number of hydrogen-bond donors (Lipinski definition) is 2. The molecule has 9 heteroatoms. The quantitative estimate of drug-likeness (QED) is 0.605. The maximum Gasteiger partial charge on any atom is 0.255 e. The summed E-state index contributed by atoms with van der Waals surface area (Å²) >= 11 is 0. The highest BCUT2D eigenvalue weighted by atomic mass is 19.1. The van der Waals surface area contributed by atoms with Crippen LogP contribution in [-0.4, -0.2) is 41.2 Å². The number of nitrogens with zero attached hydrogens (tertiary/aromatic N) is 3. The van der Waals surface area contributed by atoms with E-state index < -0.39 is 11.6 Å². The van der Waals surface area contributed by atoms with Gasteiger partial charge in [0.15, 0.2) is 0 Å². The number of rotatable bonds is 4. The Balaban J connectivity index is 1.27. The second kappa shape index (κ2) is 8.02. The fraction of sp³-hybridized carbons (Fsp3) is 0.320. The molecule has 1 spiro atoms. The molecule has 2 saturated heterocycles. The number of carbonyl (C=O) groups excluding carboxylic acids is 1. The van der Waals surface area contributed by atoms with Gasteiger partial charge in [-0.15, -0.1) is 0 Å². The number of halogens is 2. The SMILES string of the molecule is O=C1NCc2nc(-c3c(F)cccc3F)cc(Nc3ccc(N4CCC5(CCO5)CC4)cn3)c21. The Labute approximate surface area is 195 Å². The highest BCUT2D eigenvalue weighted by Gasteiger charge is 2.41. The molecular weight excluding hydrogens is 440 g/mol. The topological polar surface area (TPSA) is 79.4 Å². The molecule has 2 aromatic heterocycles. The third-order valence-corrected chi connectivity index (χ3v) is 6.97. The molecule has 0 atom stereocenters. The monoisotopic (exact) mass is 463 g/mol. The van der Waals surface area contributed by atoms with Gasteiger partial charge in [-0.1, -0.05) is 6.07 Å². The van der Waals surface area contributed by atoms with Crippen molar-refractivity contribution in [3.05, 3.63) is 65.5 Å². The molecule has 0 unspecified atom stereocenters. The number of anilines is 3. The van der Waals surface area contributed by atoms with Gasteiger partial charge < -0.3 is 20.3 Å². The zero-order valence-electron chi connectivity index (χ0n) is 18.4. The predicted molar refractivity (Wildman–Crippen MR) is 123 cm³/mol. The fourth-order valence-electron chi connectivity index (χ4n) is 4.94. The minimum atomic E-state index is -0.714. The average Bonchev–Trinajstić information content (AvgIpc) is 3.19. The molecule has 3 aliphatic rings. The van der Waals surface area contributed by atoms with Gasteiger partial charge in [-0.05, 0) is 49.6 Å². The van der Waals surface area contributed by atoms with Gasteiger partial charge in [0, 0.05) is 13.1 Å². The minimum absolute atomic E-state index is 0.0864. The zero-order chi connectivity index (χ0) is 23.3. The van der Waals surface area contributed by atoms with E-state index in [2.05, 4.69) is 25.5 Å². The standard InChI is InChI=1S/C25H23F2N5O2/c26-16-2-1-3-17(27)22(16)18-12-19(23-20(30-18)14-29-24(23)33)31-21-5-4-15(13-28-21)32-9-6-25(7-10-32)8-11-34-25/h1-5,12-13H,6-11,14H2,(H,29,33)(H,28,30,31). The summed E-state index contributed by atoms with van der Waals surface area (Å²) in [6.45, 7) is 2.90. The Bertz CT molecular complexity index is 1250. The van der Waals surface area contributed by atoms with Gasteiger partial charge in [0.2, 0.25) is 0 Å². The van der Waals surface area contributed by atoms with Crippen LogP contribution in [0.25, 0.3) is 11.3 Å². The first-order chi connectivity index (χ1) is 16.5. The van der Waals surface area contributed by atoms with Crippen molar-refractivity contribution in [1.82, 2.24) is 15.3 Å². The second-order valence-corrected chi connectivity index (χ2v) is 8.95. The number of amides is 1. The van der Waals surface area contributed by atoms with Gasteiger partial charge >= 0.3 is 0 Å². The number of nitrogens with one attached hydrogen (secondary N) is 2. The normalized spacial score (nSPS) is 18.4. The van der Waals surface area contributed by atoms with E-state index in [9.17, 15) is 13.6 Å². The molecule has 0 saturated carbocycles. The molecule has 0 radical (unpaired) electrons. The average molecular weight is 463 g/mol.